The Morgan fingerprint density at radius 3 is 2.56 bits per heavy atom. The summed E-state index contributed by atoms with van der Waals surface area (Å²) in [4.78, 5) is 30.7. The zero-order chi connectivity index (χ0) is 18.3. The number of fused-ring (bicyclic) bond motifs is 1. The molecule has 7 nitrogen and oxygen atoms in total. The van der Waals surface area contributed by atoms with Crippen molar-refractivity contribution >= 4 is 52.3 Å². The minimum Gasteiger partial charge on any atom is -0.479 e. The number of aliphatic hydroxyl groups is 1. The molecule has 138 valence electrons. The van der Waals surface area contributed by atoms with E-state index in [0.717, 1.165) is 31.2 Å². The average Bonchev–Trinajstić information content (AvgIpc) is 2.88. The standard InChI is InChI=1S/C15H21N3O4S3/c1-8(19)9-12(20)18-10(15(21)22)11(25-13(9)18)14(24-7-23)17-5-3-16(2)4-6-17/h7-10,13,19H,3-6H2,1-2H3,(H,21,22)/t8-,9+,10?,13?/m1/s1. The van der Waals surface area contributed by atoms with Crippen molar-refractivity contribution < 1.29 is 19.8 Å². The normalized spacial score (nSPS) is 32.9. The van der Waals surface area contributed by atoms with E-state index < -0.39 is 24.0 Å². The van der Waals surface area contributed by atoms with Gasteiger partial charge in [0.1, 0.15) is 0 Å². The number of β-lactam (4-membered cyclic amide) rings is 1. The lowest BCUT2D eigenvalue weighted by atomic mass is 9.91. The van der Waals surface area contributed by atoms with Crippen LogP contribution >= 0.6 is 35.7 Å². The summed E-state index contributed by atoms with van der Waals surface area (Å²) < 4.78 is 1.53. The topological polar surface area (TPSA) is 84.3 Å². The smallest absolute Gasteiger partial charge is 0.331 e. The summed E-state index contributed by atoms with van der Waals surface area (Å²) in [5.41, 5.74) is 0. The van der Waals surface area contributed by atoms with Gasteiger partial charge in [-0.1, -0.05) is 35.7 Å². The number of amides is 1. The van der Waals surface area contributed by atoms with Crippen LogP contribution in [-0.4, -0.2) is 92.2 Å². The monoisotopic (exact) mass is 403 g/mol. The summed E-state index contributed by atoms with van der Waals surface area (Å²) in [5, 5.41) is 20.1. The van der Waals surface area contributed by atoms with Crippen molar-refractivity contribution in [2.24, 2.45) is 5.92 Å². The van der Waals surface area contributed by atoms with Crippen molar-refractivity contribution in [1.29, 1.82) is 0 Å². The van der Waals surface area contributed by atoms with E-state index in [0.29, 0.717) is 4.91 Å². The van der Waals surface area contributed by atoms with Crippen LogP contribution in [0.15, 0.2) is 9.93 Å². The Morgan fingerprint density at radius 2 is 2.04 bits per heavy atom. The first kappa shape index (κ1) is 19.0. The Kier molecular flexibility index (Phi) is 5.64. The predicted molar refractivity (Wildman–Crippen MR) is 102 cm³/mol. The number of aliphatic carboxylic acids is 1. The zero-order valence-corrected chi connectivity index (χ0v) is 16.4. The molecule has 3 fully saturated rings. The van der Waals surface area contributed by atoms with Crippen molar-refractivity contribution in [3.63, 3.8) is 0 Å². The number of piperazine rings is 1. The van der Waals surface area contributed by atoms with Crippen LogP contribution < -0.4 is 0 Å². The second-order valence-corrected chi connectivity index (χ2v) is 8.99. The van der Waals surface area contributed by atoms with Gasteiger partial charge in [0.05, 0.1) is 27.3 Å². The first-order chi connectivity index (χ1) is 11.9. The maximum atomic E-state index is 12.4. The van der Waals surface area contributed by atoms with Gasteiger partial charge in [-0.15, -0.1) is 0 Å². The van der Waals surface area contributed by atoms with Crippen molar-refractivity contribution in [2.75, 3.05) is 33.2 Å². The molecular formula is C15H21N3O4S3. The van der Waals surface area contributed by atoms with Gasteiger partial charge in [0, 0.05) is 30.9 Å². The van der Waals surface area contributed by atoms with Gasteiger partial charge in [0.2, 0.25) is 5.91 Å². The highest BCUT2D eigenvalue weighted by atomic mass is 32.2. The van der Waals surface area contributed by atoms with Crippen LogP contribution in [0.5, 0.6) is 0 Å². The maximum absolute atomic E-state index is 12.4. The molecule has 3 heterocycles. The Hall–Kier alpha value is -0.810. The number of thiocarbonyl (C=S) groups is 1. The molecular weight excluding hydrogens is 382 g/mol. The molecule has 3 saturated heterocycles. The lowest BCUT2D eigenvalue weighted by molar-refractivity contribution is -0.165. The number of carboxylic acids is 1. The van der Waals surface area contributed by atoms with Gasteiger partial charge in [-0.25, -0.2) is 4.79 Å². The van der Waals surface area contributed by atoms with Crippen LogP contribution in [0.25, 0.3) is 0 Å². The summed E-state index contributed by atoms with van der Waals surface area (Å²) in [6.07, 6.45) is -0.791. The zero-order valence-electron chi connectivity index (χ0n) is 14.0. The fourth-order valence-electron chi connectivity index (χ4n) is 3.42. The third-order valence-corrected chi connectivity index (χ3v) is 7.46. The maximum Gasteiger partial charge on any atom is 0.331 e. The lowest BCUT2D eigenvalue weighted by Gasteiger charge is -2.44. The molecule has 3 aliphatic rings. The van der Waals surface area contributed by atoms with E-state index in [2.05, 4.69) is 16.8 Å². The Labute approximate surface area is 160 Å². The number of nitrogens with zero attached hydrogens (tertiary/aromatic N) is 3. The minimum atomic E-state index is -1.04. The number of hydrogen-bond acceptors (Lipinski definition) is 8. The molecule has 0 spiro atoms. The van der Waals surface area contributed by atoms with Gasteiger partial charge in [-0.05, 0) is 14.0 Å². The van der Waals surface area contributed by atoms with E-state index in [9.17, 15) is 19.8 Å². The van der Waals surface area contributed by atoms with Gasteiger partial charge in [0.25, 0.3) is 0 Å². The number of likely N-dealkylation sites (N-methyl/N-ethyl adjacent to an activating group) is 1. The molecule has 0 aromatic rings. The van der Waals surface area contributed by atoms with Gasteiger partial charge < -0.3 is 24.9 Å². The van der Waals surface area contributed by atoms with Crippen molar-refractivity contribution in [2.45, 2.75) is 24.4 Å². The molecule has 0 aliphatic carbocycles. The van der Waals surface area contributed by atoms with E-state index in [1.54, 1.807) is 6.92 Å². The fraction of sp³-hybridized carbons (Fsp3) is 0.667. The number of rotatable bonds is 5. The van der Waals surface area contributed by atoms with Crippen molar-refractivity contribution in [3.8, 4) is 0 Å². The second kappa shape index (κ2) is 7.43. The molecule has 0 aromatic carbocycles. The summed E-state index contributed by atoms with van der Waals surface area (Å²) in [6, 6.07) is -0.991. The van der Waals surface area contributed by atoms with Crippen molar-refractivity contribution in [1.82, 2.24) is 14.7 Å². The first-order valence-corrected chi connectivity index (χ1v) is 10.3. The van der Waals surface area contributed by atoms with E-state index in [1.807, 2.05) is 0 Å². The van der Waals surface area contributed by atoms with E-state index >= 15 is 0 Å². The molecule has 2 unspecified atom stereocenters. The third kappa shape index (κ3) is 3.30. The number of carboxylic acid groups (broad SMARTS) is 1. The highest BCUT2D eigenvalue weighted by molar-refractivity contribution is 8.23. The summed E-state index contributed by atoms with van der Waals surface area (Å²) in [6.45, 7) is 4.93. The molecule has 0 radical (unpaired) electrons. The Morgan fingerprint density at radius 1 is 1.40 bits per heavy atom. The number of carbonyl (C=O) groups excluding carboxylic acids is 1. The van der Waals surface area contributed by atoms with Gasteiger partial charge in [0.15, 0.2) is 6.04 Å². The second-order valence-electron chi connectivity index (χ2n) is 6.43. The van der Waals surface area contributed by atoms with Crippen molar-refractivity contribution in [3.05, 3.63) is 9.93 Å². The predicted octanol–water partition coefficient (Wildman–Crippen LogP) is 0.459. The van der Waals surface area contributed by atoms with Crippen LogP contribution in [0.1, 0.15) is 6.92 Å². The molecule has 0 bridgehead atoms. The van der Waals surface area contributed by atoms with Crippen LogP contribution in [0, 0.1) is 5.92 Å². The van der Waals surface area contributed by atoms with E-state index in [4.69, 9.17) is 12.2 Å². The van der Waals surface area contributed by atoms with Gasteiger partial charge in [-0.2, -0.15) is 0 Å². The largest absolute Gasteiger partial charge is 0.479 e. The van der Waals surface area contributed by atoms with Crippen LogP contribution in [0.4, 0.5) is 0 Å². The molecule has 1 amide bonds. The van der Waals surface area contributed by atoms with Crippen LogP contribution in [0.3, 0.4) is 0 Å². The number of aliphatic hydroxyl groups excluding tert-OH is 1. The first-order valence-electron chi connectivity index (χ1n) is 8.04. The summed E-state index contributed by atoms with van der Waals surface area (Å²) >= 11 is 7.73. The molecule has 0 saturated carbocycles. The van der Waals surface area contributed by atoms with E-state index in [1.165, 1.54) is 33.1 Å². The molecule has 25 heavy (non-hydrogen) atoms. The molecule has 10 heteroatoms. The van der Waals surface area contributed by atoms with Gasteiger partial charge in [-0.3, -0.25) is 4.79 Å². The lowest BCUT2D eigenvalue weighted by Crippen LogP contribution is -2.63. The minimum absolute atomic E-state index is 0.292. The quantitative estimate of drug-likeness (QED) is 0.502. The molecule has 0 aromatic heterocycles. The average molecular weight is 404 g/mol. The molecule has 3 rings (SSSR count). The summed E-state index contributed by atoms with van der Waals surface area (Å²) in [7, 11) is 2.05. The van der Waals surface area contributed by atoms with E-state index in [-0.39, 0.29) is 11.3 Å². The molecule has 3 aliphatic heterocycles. The highest BCUT2D eigenvalue weighted by Gasteiger charge is 2.61. The highest BCUT2D eigenvalue weighted by Crippen LogP contribution is 2.53. The fourth-order valence-corrected chi connectivity index (χ4v) is 6.30. The number of carbonyl (C=O) groups is 2. The van der Waals surface area contributed by atoms with Crippen LogP contribution in [0.2, 0.25) is 0 Å². The summed E-state index contributed by atoms with van der Waals surface area (Å²) in [5.74, 6) is -1.88. The SMILES string of the molecule is C[C@@H](O)[C@H]1C(=O)N2C(C(=O)O)C(=C(SC=S)N3CCN(C)CC3)SC12. The Bertz CT molecular complexity index is 619. The number of hydrogen-bond donors (Lipinski definition) is 2. The Balaban J connectivity index is 1.96. The van der Waals surface area contributed by atoms with Gasteiger partial charge >= 0.3 is 5.97 Å². The third-order valence-electron chi connectivity index (χ3n) is 4.81. The molecule has 4 atom stereocenters. The number of thioether (sulfide) groups is 2. The van der Waals surface area contributed by atoms with Crippen LogP contribution in [-0.2, 0) is 9.59 Å². The molecule has 2 N–H and O–H groups in total.